The number of rotatable bonds is 2. The van der Waals surface area contributed by atoms with Crippen molar-refractivity contribution in [3.63, 3.8) is 0 Å². The standard InChI is InChI=1S/C21H24O3/c1-13(2)11-14(3)12-21(4)10-9-17-19(23)18(22)15-7-5-6-8-16(15)20(17)24-21/h5-8,11-12,18,22H,9-10H2,1-4H3/b14-12+. The predicted octanol–water partition coefficient (Wildman–Crippen LogP) is 4.50. The molecule has 2 unspecified atom stereocenters. The number of carbonyl (C=O) groups excluding carboxylic acids is 1. The largest absolute Gasteiger partial charge is 0.482 e. The summed E-state index contributed by atoms with van der Waals surface area (Å²) in [5.74, 6) is 0.409. The lowest BCUT2D eigenvalue weighted by atomic mass is 9.81. The van der Waals surface area contributed by atoms with Gasteiger partial charge in [-0.3, -0.25) is 4.79 Å². The van der Waals surface area contributed by atoms with Crippen LogP contribution < -0.4 is 0 Å². The van der Waals surface area contributed by atoms with Crippen molar-refractivity contribution in [3.05, 3.63) is 64.3 Å². The van der Waals surface area contributed by atoms with Gasteiger partial charge in [-0.05, 0) is 52.2 Å². The second-order valence-corrected chi connectivity index (χ2v) is 7.19. The molecule has 0 saturated heterocycles. The van der Waals surface area contributed by atoms with Crippen molar-refractivity contribution in [2.75, 3.05) is 0 Å². The highest BCUT2D eigenvalue weighted by atomic mass is 16.5. The number of allylic oxidation sites excluding steroid dienone is 3. The Morgan fingerprint density at radius 1 is 1.29 bits per heavy atom. The van der Waals surface area contributed by atoms with Crippen LogP contribution in [0.1, 0.15) is 57.8 Å². The van der Waals surface area contributed by atoms with Crippen LogP contribution in [-0.2, 0) is 9.53 Å². The number of aliphatic hydroxyl groups excluding tert-OH is 1. The second kappa shape index (κ2) is 6.06. The van der Waals surface area contributed by atoms with Crippen molar-refractivity contribution >= 4 is 11.5 Å². The van der Waals surface area contributed by atoms with Crippen molar-refractivity contribution in [2.24, 2.45) is 0 Å². The summed E-state index contributed by atoms with van der Waals surface area (Å²) in [6.45, 7) is 8.26. The summed E-state index contributed by atoms with van der Waals surface area (Å²) in [6, 6.07) is 7.45. The van der Waals surface area contributed by atoms with Crippen molar-refractivity contribution < 1.29 is 14.6 Å². The molecule has 24 heavy (non-hydrogen) atoms. The first-order valence-corrected chi connectivity index (χ1v) is 8.39. The van der Waals surface area contributed by atoms with E-state index in [0.29, 0.717) is 23.3 Å². The Hall–Kier alpha value is -2.13. The van der Waals surface area contributed by atoms with E-state index >= 15 is 0 Å². The molecule has 1 aromatic rings. The number of fused-ring (bicyclic) bond motifs is 2. The van der Waals surface area contributed by atoms with E-state index < -0.39 is 11.7 Å². The number of ketones is 1. The molecule has 3 nitrogen and oxygen atoms in total. The smallest absolute Gasteiger partial charge is 0.195 e. The molecule has 0 bridgehead atoms. The van der Waals surface area contributed by atoms with Crippen LogP contribution in [0.2, 0.25) is 0 Å². The summed E-state index contributed by atoms with van der Waals surface area (Å²) in [4.78, 5) is 12.5. The van der Waals surface area contributed by atoms with Crippen LogP contribution >= 0.6 is 0 Å². The summed E-state index contributed by atoms with van der Waals surface area (Å²) in [7, 11) is 0. The molecule has 0 saturated carbocycles. The van der Waals surface area contributed by atoms with Gasteiger partial charge in [0.05, 0.1) is 0 Å². The number of hydrogen-bond acceptors (Lipinski definition) is 3. The van der Waals surface area contributed by atoms with Gasteiger partial charge in [-0.15, -0.1) is 0 Å². The van der Waals surface area contributed by atoms with Gasteiger partial charge in [-0.1, -0.05) is 41.5 Å². The highest BCUT2D eigenvalue weighted by Crippen LogP contribution is 2.44. The van der Waals surface area contributed by atoms with Crippen molar-refractivity contribution in [1.82, 2.24) is 0 Å². The van der Waals surface area contributed by atoms with Crippen LogP contribution in [0.25, 0.3) is 5.76 Å². The van der Waals surface area contributed by atoms with Crippen LogP contribution in [-0.4, -0.2) is 16.5 Å². The zero-order valence-electron chi connectivity index (χ0n) is 14.7. The van der Waals surface area contributed by atoms with Crippen LogP contribution in [0.5, 0.6) is 0 Å². The van der Waals surface area contributed by atoms with Gasteiger partial charge in [0.2, 0.25) is 0 Å². The first-order chi connectivity index (χ1) is 11.3. The quantitative estimate of drug-likeness (QED) is 0.815. The van der Waals surface area contributed by atoms with Crippen LogP contribution in [0.4, 0.5) is 0 Å². The third kappa shape index (κ3) is 2.96. The van der Waals surface area contributed by atoms with E-state index in [2.05, 4.69) is 39.8 Å². The van der Waals surface area contributed by atoms with Gasteiger partial charge in [-0.2, -0.15) is 0 Å². The number of carbonyl (C=O) groups is 1. The molecule has 0 amide bonds. The minimum absolute atomic E-state index is 0.226. The number of ether oxygens (including phenoxy) is 1. The SMILES string of the molecule is CC(C)=C/C(C)=C/C1(C)CCC2=C(O1)c1ccccc1C(O)C2=O. The van der Waals surface area contributed by atoms with Gasteiger partial charge >= 0.3 is 0 Å². The molecule has 1 aliphatic carbocycles. The molecule has 2 aliphatic rings. The minimum atomic E-state index is -1.07. The zero-order chi connectivity index (χ0) is 17.5. The first-order valence-electron chi connectivity index (χ1n) is 8.39. The topological polar surface area (TPSA) is 46.5 Å². The Kier molecular flexibility index (Phi) is 4.22. The van der Waals surface area contributed by atoms with Gasteiger partial charge in [-0.25, -0.2) is 0 Å². The third-order valence-corrected chi connectivity index (χ3v) is 4.58. The van der Waals surface area contributed by atoms with E-state index in [0.717, 1.165) is 17.6 Å². The second-order valence-electron chi connectivity index (χ2n) is 7.19. The molecule has 0 radical (unpaired) electrons. The maximum absolute atomic E-state index is 12.5. The molecule has 1 N–H and O–H groups in total. The molecule has 1 aliphatic heterocycles. The highest BCUT2D eigenvalue weighted by molar-refractivity contribution is 6.08. The van der Waals surface area contributed by atoms with Gasteiger partial charge < -0.3 is 9.84 Å². The number of Topliss-reactive ketones (excluding diaryl/α,β-unsaturated/α-hetero) is 1. The zero-order valence-corrected chi connectivity index (χ0v) is 14.7. The number of hydrogen-bond donors (Lipinski definition) is 1. The molecular formula is C21H24O3. The Morgan fingerprint density at radius 3 is 2.71 bits per heavy atom. The van der Waals surface area contributed by atoms with Crippen molar-refractivity contribution in [1.29, 1.82) is 0 Å². The van der Waals surface area contributed by atoms with Crippen molar-refractivity contribution in [2.45, 2.75) is 52.2 Å². The van der Waals surface area contributed by atoms with E-state index in [1.807, 2.05) is 18.2 Å². The summed E-state index contributed by atoms with van der Waals surface area (Å²) < 4.78 is 6.32. The molecule has 0 aromatic heterocycles. The molecule has 3 rings (SSSR count). The summed E-state index contributed by atoms with van der Waals surface area (Å²) in [6.07, 6.45) is 4.52. The van der Waals surface area contributed by atoms with E-state index in [1.165, 1.54) is 5.57 Å². The van der Waals surface area contributed by atoms with Gasteiger partial charge in [0.25, 0.3) is 0 Å². The summed E-state index contributed by atoms with van der Waals surface area (Å²) in [5.41, 5.74) is 4.02. The van der Waals surface area contributed by atoms with Gasteiger partial charge in [0, 0.05) is 11.1 Å². The lowest BCUT2D eigenvalue weighted by molar-refractivity contribution is -0.124. The van der Waals surface area contributed by atoms with Crippen molar-refractivity contribution in [3.8, 4) is 0 Å². The molecular weight excluding hydrogens is 300 g/mol. The minimum Gasteiger partial charge on any atom is -0.482 e. The molecule has 0 fully saturated rings. The molecule has 1 aromatic carbocycles. The molecule has 0 spiro atoms. The Morgan fingerprint density at radius 2 is 2.00 bits per heavy atom. The Balaban J connectivity index is 2.03. The number of benzene rings is 1. The average Bonchev–Trinajstić information content (AvgIpc) is 2.51. The highest BCUT2D eigenvalue weighted by Gasteiger charge is 2.40. The van der Waals surface area contributed by atoms with E-state index in [-0.39, 0.29) is 5.78 Å². The third-order valence-electron chi connectivity index (χ3n) is 4.58. The van der Waals surface area contributed by atoms with Crippen LogP contribution in [0, 0.1) is 0 Å². The maximum atomic E-state index is 12.5. The molecule has 126 valence electrons. The fourth-order valence-electron chi connectivity index (χ4n) is 3.61. The predicted molar refractivity (Wildman–Crippen MR) is 95.2 cm³/mol. The van der Waals surface area contributed by atoms with Gasteiger partial charge in [0.15, 0.2) is 5.78 Å². The van der Waals surface area contributed by atoms with E-state index in [4.69, 9.17) is 4.74 Å². The molecule has 1 heterocycles. The fourth-order valence-corrected chi connectivity index (χ4v) is 3.61. The summed E-state index contributed by atoms with van der Waals surface area (Å²) >= 11 is 0. The monoisotopic (exact) mass is 324 g/mol. The van der Waals surface area contributed by atoms with E-state index in [9.17, 15) is 9.90 Å². The maximum Gasteiger partial charge on any atom is 0.195 e. The summed E-state index contributed by atoms with van der Waals surface area (Å²) in [5, 5.41) is 10.3. The normalized spacial score (nSPS) is 26.5. The number of aliphatic hydroxyl groups is 1. The average molecular weight is 324 g/mol. The molecule has 3 heteroatoms. The van der Waals surface area contributed by atoms with Crippen LogP contribution in [0.15, 0.2) is 53.1 Å². The fraction of sp³-hybridized carbons (Fsp3) is 0.381. The first kappa shape index (κ1) is 16.7. The Labute approximate surface area is 143 Å². The lowest BCUT2D eigenvalue weighted by Gasteiger charge is -2.38. The van der Waals surface area contributed by atoms with E-state index in [1.54, 1.807) is 6.07 Å². The lowest BCUT2D eigenvalue weighted by Crippen LogP contribution is -2.35. The van der Waals surface area contributed by atoms with Crippen LogP contribution in [0.3, 0.4) is 0 Å². The molecule has 2 atom stereocenters. The Bertz CT molecular complexity index is 778. The van der Waals surface area contributed by atoms with Gasteiger partial charge in [0.1, 0.15) is 17.5 Å².